The first-order valence-corrected chi connectivity index (χ1v) is 9.38. The molecule has 0 unspecified atom stereocenters. The first-order chi connectivity index (χ1) is 12.4. The van der Waals surface area contributed by atoms with Crippen molar-refractivity contribution >= 4 is 23.4 Å². The molecule has 1 fully saturated rings. The summed E-state index contributed by atoms with van der Waals surface area (Å²) in [6.07, 6.45) is 3.29. The van der Waals surface area contributed by atoms with E-state index in [1.165, 1.54) is 9.13 Å². The largest absolute Gasteiger partial charge is 0.384 e. The second-order valence-electron chi connectivity index (χ2n) is 6.15. The number of nitrogen functional groups attached to an aromatic ring is 1. The van der Waals surface area contributed by atoms with Crippen molar-refractivity contribution in [2.24, 2.45) is 0 Å². The number of nitrogens with two attached hydrogens (primary N) is 1. The highest BCUT2D eigenvalue weighted by Crippen LogP contribution is 2.35. The number of anilines is 1. The molecule has 0 amide bonds. The Bertz CT molecular complexity index is 997. The van der Waals surface area contributed by atoms with Gasteiger partial charge in [0.05, 0.1) is 5.75 Å². The van der Waals surface area contributed by atoms with Gasteiger partial charge in [-0.2, -0.15) is 0 Å². The molecule has 1 aliphatic rings. The zero-order chi connectivity index (χ0) is 18.8. The standard InChI is InChI=1S/C15H20N6O4S/c1-2-3-6-20-14(25)18-19-15(20)26-7-9(22)10-11(16)21(8-4-5-8)13(24)17-12(10)23/h8H,2-7,16H2,1H3,(H,18,25)(H,17,23,24). The number of hydrogen-bond acceptors (Lipinski definition) is 7. The third kappa shape index (κ3) is 3.52. The summed E-state index contributed by atoms with van der Waals surface area (Å²) in [4.78, 5) is 50.4. The van der Waals surface area contributed by atoms with Crippen LogP contribution in [0.15, 0.2) is 19.5 Å². The van der Waals surface area contributed by atoms with E-state index >= 15 is 0 Å². The molecule has 10 nitrogen and oxygen atoms in total. The molecule has 0 atom stereocenters. The Morgan fingerprint density at radius 2 is 2.04 bits per heavy atom. The first-order valence-electron chi connectivity index (χ1n) is 8.39. The van der Waals surface area contributed by atoms with Gasteiger partial charge in [-0.05, 0) is 19.3 Å². The van der Waals surface area contributed by atoms with Gasteiger partial charge in [-0.3, -0.25) is 23.7 Å². The number of carbonyl (C=O) groups is 1. The van der Waals surface area contributed by atoms with E-state index in [4.69, 9.17) is 5.73 Å². The molecule has 2 aromatic heterocycles. The van der Waals surface area contributed by atoms with Crippen LogP contribution in [0, 0.1) is 0 Å². The predicted molar refractivity (Wildman–Crippen MR) is 96.8 cm³/mol. The lowest BCUT2D eigenvalue weighted by molar-refractivity contribution is 0.102. The van der Waals surface area contributed by atoms with Crippen LogP contribution in [-0.4, -0.2) is 35.9 Å². The smallest absolute Gasteiger partial charge is 0.343 e. The molecule has 1 saturated carbocycles. The average molecular weight is 380 g/mol. The monoisotopic (exact) mass is 380 g/mol. The van der Waals surface area contributed by atoms with Crippen molar-refractivity contribution in [3.63, 3.8) is 0 Å². The zero-order valence-electron chi connectivity index (χ0n) is 14.3. The SMILES string of the molecule is CCCCn1c(SCC(=O)c2c(N)n(C3CC3)c(=O)[nH]c2=O)n[nH]c1=O. The fourth-order valence-electron chi connectivity index (χ4n) is 2.66. The van der Waals surface area contributed by atoms with Gasteiger partial charge >= 0.3 is 11.4 Å². The van der Waals surface area contributed by atoms with Crippen LogP contribution in [0.25, 0.3) is 0 Å². The lowest BCUT2D eigenvalue weighted by Gasteiger charge is -2.11. The summed E-state index contributed by atoms with van der Waals surface area (Å²) in [5.41, 5.74) is 3.98. The fraction of sp³-hybridized carbons (Fsp3) is 0.533. The zero-order valence-corrected chi connectivity index (χ0v) is 15.1. The van der Waals surface area contributed by atoms with Crippen molar-refractivity contribution < 1.29 is 4.79 Å². The van der Waals surface area contributed by atoms with Crippen molar-refractivity contribution in [3.05, 3.63) is 36.9 Å². The van der Waals surface area contributed by atoms with Crippen LogP contribution in [0.2, 0.25) is 0 Å². The number of aromatic amines is 2. The van der Waals surface area contributed by atoms with Gasteiger partial charge in [0.15, 0.2) is 10.9 Å². The van der Waals surface area contributed by atoms with E-state index in [2.05, 4.69) is 15.2 Å². The maximum atomic E-state index is 12.5. The topological polar surface area (TPSA) is 149 Å². The number of nitrogens with zero attached hydrogens (tertiary/aromatic N) is 3. The molecule has 140 valence electrons. The average Bonchev–Trinajstić information content (AvgIpc) is 3.34. The van der Waals surface area contributed by atoms with Crippen LogP contribution in [0.5, 0.6) is 0 Å². The Hall–Kier alpha value is -2.56. The van der Waals surface area contributed by atoms with Crippen molar-refractivity contribution in [2.45, 2.75) is 50.4 Å². The maximum absolute atomic E-state index is 12.5. The van der Waals surface area contributed by atoms with E-state index in [0.29, 0.717) is 11.7 Å². The molecular weight excluding hydrogens is 360 g/mol. The molecule has 11 heteroatoms. The summed E-state index contributed by atoms with van der Waals surface area (Å²) in [7, 11) is 0. The Balaban J connectivity index is 1.82. The van der Waals surface area contributed by atoms with Gasteiger partial charge in [-0.1, -0.05) is 25.1 Å². The Morgan fingerprint density at radius 3 is 2.69 bits per heavy atom. The van der Waals surface area contributed by atoms with Crippen LogP contribution < -0.4 is 22.7 Å². The first kappa shape index (κ1) is 18.2. The maximum Gasteiger partial charge on any atom is 0.343 e. The minimum absolute atomic E-state index is 0.0656. The molecule has 3 rings (SSSR count). The molecule has 4 N–H and O–H groups in total. The number of nitrogens with one attached hydrogen (secondary N) is 2. The van der Waals surface area contributed by atoms with E-state index in [1.807, 2.05) is 6.92 Å². The number of thioether (sulfide) groups is 1. The Morgan fingerprint density at radius 1 is 1.31 bits per heavy atom. The molecular formula is C15H20N6O4S. The Kier molecular flexibility index (Phi) is 5.16. The molecule has 1 aliphatic carbocycles. The molecule has 0 saturated heterocycles. The van der Waals surface area contributed by atoms with Crippen molar-refractivity contribution in [1.82, 2.24) is 24.3 Å². The van der Waals surface area contributed by atoms with Gasteiger partial charge in [0.2, 0.25) is 0 Å². The normalized spacial score (nSPS) is 13.9. The third-order valence-corrected chi connectivity index (χ3v) is 5.14. The molecule has 0 radical (unpaired) electrons. The number of rotatable bonds is 8. The molecule has 2 heterocycles. The van der Waals surface area contributed by atoms with E-state index in [-0.39, 0.29) is 28.9 Å². The lowest BCUT2D eigenvalue weighted by Crippen LogP contribution is -2.36. The number of aromatic nitrogens is 5. The number of Topliss-reactive ketones (excluding diaryl/α,β-unsaturated/α-hetero) is 1. The predicted octanol–water partition coefficient (Wildman–Crippen LogP) is 0.114. The molecule has 26 heavy (non-hydrogen) atoms. The molecule has 2 aromatic rings. The lowest BCUT2D eigenvalue weighted by atomic mass is 10.2. The minimum atomic E-state index is -0.791. The summed E-state index contributed by atoms with van der Waals surface area (Å²) in [5.74, 6) is -0.732. The summed E-state index contributed by atoms with van der Waals surface area (Å²) < 4.78 is 2.73. The van der Waals surface area contributed by atoms with Gasteiger partial charge in [0.25, 0.3) is 5.56 Å². The second kappa shape index (κ2) is 7.36. The number of hydrogen-bond donors (Lipinski definition) is 3. The molecule has 0 spiro atoms. The summed E-state index contributed by atoms with van der Waals surface area (Å²) in [5, 5.41) is 6.65. The van der Waals surface area contributed by atoms with Crippen LogP contribution in [-0.2, 0) is 6.54 Å². The van der Waals surface area contributed by atoms with Gasteiger partial charge in [0.1, 0.15) is 11.4 Å². The quantitative estimate of drug-likeness (QED) is 0.435. The molecule has 0 aromatic carbocycles. The van der Waals surface area contributed by atoms with Crippen LogP contribution in [0.1, 0.15) is 49.0 Å². The van der Waals surface area contributed by atoms with Gasteiger partial charge in [0, 0.05) is 12.6 Å². The summed E-state index contributed by atoms with van der Waals surface area (Å²) in [6, 6.07) is -0.0656. The number of H-pyrrole nitrogens is 2. The minimum Gasteiger partial charge on any atom is -0.384 e. The number of carbonyl (C=O) groups excluding carboxylic acids is 1. The highest BCUT2D eigenvalue weighted by atomic mass is 32.2. The van der Waals surface area contributed by atoms with Crippen LogP contribution in [0.4, 0.5) is 5.82 Å². The Labute approximate surface area is 151 Å². The summed E-state index contributed by atoms with van der Waals surface area (Å²) >= 11 is 1.05. The highest BCUT2D eigenvalue weighted by molar-refractivity contribution is 7.99. The third-order valence-electron chi connectivity index (χ3n) is 4.16. The van der Waals surface area contributed by atoms with E-state index in [9.17, 15) is 19.2 Å². The van der Waals surface area contributed by atoms with Gasteiger partial charge < -0.3 is 5.73 Å². The van der Waals surface area contributed by atoms with Gasteiger partial charge in [-0.15, -0.1) is 5.10 Å². The number of ketones is 1. The molecule has 0 aliphatic heterocycles. The van der Waals surface area contributed by atoms with Crippen LogP contribution >= 0.6 is 11.8 Å². The van der Waals surface area contributed by atoms with E-state index < -0.39 is 17.0 Å². The van der Waals surface area contributed by atoms with E-state index in [1.54, 1.807) is 0 Å². The van der Waals surface area contributed by atoms with Crippen molar-refractivity contribution in [2.75, 3.05) is 11.5 Å². The second-order valence-corrected chi connectivity index (χ2v) is 7.09. The van der Waals surface area contributed by atoms with Crippen molar-refractivity contribution in [3.8, 4) is 0 Å². The summed E-state index contributed by atoms with van der Waals surface area (Å²) in [6.45, 7) is 2.50. The number of unbranched alkanes of at least 4 members (excludes halogenated alkanes) is 1. The molecule has 0 bridgehead atoms. The highest BCUT2D eigenvalue weighted by Gasteiger charge is 2.30. The van der Waals surface area contributed by atoms with Crippen molar-refractivity contribution in [1.29, 1.82) is 0 Å². The van der Waals surface area contributed by atoms with E-state index in [0.717, 1.165) is 37.4 Å². The fourth-order valence-corrected chi connectivity index (χ4v) is 3.50. The van der Waals surface area contributed by atoms with Crippen LogP contribution in [0.3, 0.4) is 0 Å². The van der Waals surface area contributed by atoms with Gasteiger partial charge in [-0.25, -0.2) is 14.7 Å².